The Morgan fingerprint density at radius 2 is 2.12 bits per heavy atom. The van der Waals surface area contributed by atoms with Crippen LogP contribution in [-0.4, -0.2) is 10.5 Å². The van der Waals surface area contributed by atoms with Crippen molar-refractivity contribution in [2.24, 2.45) is 0 Å². The molecule has 2 heteroatoms. The summed E-state index contributed by atoms with van der Waals surface area (Å²) in [6.07, 6.45) is 4.24. The fourth-order valence-electron chi connectivity index (χ4n) is 0.569. The van der Waals surface area contributed by atoms with Crippen molar-refractivity contribution < 1.29 is 5.11 Å². The van der Waals surface area contributed by atoms with E-state index in [9.17, 15) is 0 Å². The van der Waals surface area contributed by atoms with E-state index in [1.165, 1.54) is 12.8 Å². The van der Waals surface area contributed by atoms with Crippen LogP contribution in [0.3, 0.4) is 0 Å². The van der Waals surface area contributed by atoms with Crippen LogP contribution in [-0.2, 0) is 0 Å². The maximum absolute atomic E-state index is 8.59. The second kappa shape index (κ2) is 5.45. The Kier molecular flexibility index (Phi) is 5.66. The van der Waals surface area contributed by atoms with Crippen molar-refractivity contribution >= 4 is 12.6 Å². The minimum absolute atomic E-state index is 0.512. The number of rotatable bonds is 4. The standard InChI is InChI=1S/C6H13OS/c1-2-3-4-5-6(7)8/h6-7H,2-5H2,1H3. The first-order valence-corrected chi connectivity index (χ1v) is 3.58. The Labute approximate surface area is 56.5 Å². The Balaban J connectivity index is 2.72. The van der Waals surface area contributed by atoms with Gasteiger partial charge in [0.25, 0.3) is 0 Å². The first kappa shape index (κ1) is 8.31. The van der Waals surface area contributed by atoms with Crippen molar-refractivity contribution in [3.05, 3.63) is 0 Å². The molecule has 0 spiro atoms. The molecule has 0 aromatic carbocycles. The molecule has 0 fully saturated rings. The van der Waals surface area contributed by atoms with Crippen LogP contribution < -0.4 is 0 Å². The average molecular weight is 133 g/mol. The zero-order chi connectivity index (χ0) is 6.41. The summed E-state index contributed by atoms with van der Waals surface area (Å²) in [5.74, 6) is 0. The molecule has 1 nitrogen and oxygen atoms in total. The minimum Gasteiger partial charge on any atom is -0.382 e. The van der Waals surface area contributed by atoms with Crippen LogP contribution >= 0.6 is 12.6 Å². The van der Waals surface area contributed by atoms with Gasteiger partial charge in [0.15, 0.2) is 0 Å². The molecule has 1 N–H and O–H groups in total. The smallest absolute Gasteiger partial charge is 0.109 e. The van der Waals surface area contributed by atoms with Crippen LogP contribution in [0, 0.1) is 0 Å². The molecular weight excluding hydrogens is 120 g/mol. The molecule has 49 valence electrons. The van der Waals surface area contributed by atoms with Crippen molar-refractivity contribution in [2.75, 3.05) is 0 Å². The normalized spacial score (nSPS) is 13.9. The van der Waals surface area contributed by atoms with Crippen LogP contribution in [0.25, 0.3) is 0 Å². The van der Waals surface area contributed by atoms with Gasteiger partial charge in [0.1, 0.15) is 5.44 Å². The first-order valence-electron chi connectivity index (χ1n) is 3.11. The topological polar surface area (TPSA) is 20.2 Å². The molecule has 8 heavy (non-hydrogen) atoms. The fraction of sp³-hybridized carbons (Fsp3) is 1.00. The monoisotopic (exact) mass is 133 g/mol. The Morgan fingerprint density at radius 3 is 2.50 bits per heavy atom. The molecule has 0 heterocycles. The molecular formula is C6H13OS. The second-order valence-corrected chi connectivity index (χ2v) is 2.49. The van der Waals surface area contributed by atoms with Gasteiger partial charge in [-0.3, -0.25) is 0 Å². The van der Waals surface area contributed by atoms with Gasteiger partial charge in [-0.25, -0.2) is 0 Å². The Morgan fingerprint density at radius 1 is 1.50 bits per heavy atom. The lowest BCUT2D eigenvalue weighted by Gasteiger charge is -1.98. The predicted octanol–water partition coefficient (Wildman–Crippen LogP) is 2.08. The molecule has 0 aliphatic carbocycles. The van der Waals surface area contributed by atoms with Gasteiger partial charge < -0.3 is 5.11 Å². The SMILES string of the molecule is CCCCCC(O)[S]. The molecule has 0 aromatic rings. The predicted molar refractivity (Wildman–Crippen MR) is 37.7 cm³/mol. The molecule has 0 rings (SSSR count). The maximum Gasteiger partial charge on any atom is 0.109 e. The van der Waals surface area contributed by atoms with E-state index >= 15 is 0 Å². The molecule has 1 unspecified atom stereocenters. The molecule has 0 saturated heterocycles. The van der Waals surface area contributed by atoms with E-state index in [4.69, 9.17) is 5.11 Å². The summed E-state index contributed by atoms with van der Waals surface area (Å²) >= 11 is 4.55. The molecule has 1 radical (unpaired) electrons. The maximum atomic E-state index is 8.59. The van der Waals surface area contributed by atoms with E-state index < -0.39 is 5.44 Å². The number of aliphatic hydroxyl groups excluding tert-OH is 1. The minimum atomic E-state index is -0.512. The lowest BCUT2D eigenvalue weighted by Crippen LogP contribution is -1.93. The molecule has 0 aliphatic heterocycles. The molecule has 0 aliphatic rings. The summed E-state index contributed by atoms with van der Waals surface area (Å²) in [7, 11) is 0. The lowest BCUT2D eigenvalue weighted by atomic mass is 10.2. The number of unbranched alkanes of at least 4 members (excludes halogenated alkanes) is 2. The van der Waals surface area contributed by atoms with Crippen molar-refractivity contribution in [3.63, 3.8) is 0 Å². The van der Waals surface area contributed by atoms with Gasteiger partial charge >= 0.3 is 0 Å². The van der Waals surface area contributed by atoms with Gasteiger partial charge in [0, 0.05) is 0 Å². The largest absolute Gasteiger partial charge is 0.382 e. The van der Waals surface area contributed by atoms with E-state index in [0.29, 0.717) is 0 Å². The molecule has 0 saturated carbocycles. The van der Waals surface area contributed by atoms with Gasteiger partial charge in [-0.2, -0.15) is 0 Å². The number of hydrogen-bond acceptors (Lipinski definition) is 1. The summed E-state index contributed by atoms with van der Waals surface area (Å²) in [6.45, 7) is 2.13. The van der Waals surface area contributed by atoms with E-state index in [0.717, 1.165) is 12.8 Å². The van der Waals surface area contributed by atoms with Gasteiger partial charge in [-0.15, -0.1) is 0 Å². The molecule has 0 amide bonds. The van der Waals surface area contributed by atoms with Crippen LogP contribution in [0.15, 0.2) is 0 Å². The highest BCUT2D eigenvalue weighted by atomic mass is 32.1. The van der Waals surface area contributed by atoms with E-state index in [1.54, 1.807) is 0 Å². The summed E-state index contributed by atoms with van der Waals surface area (Å²) < 4.78 is 0. The van der Waals surface area contributed by atoms with Gasteiger partial charge in [0.05, 0.1) is 0 Å². The third-order valence-electron chi connectivity index (χ3n) is 1.05. The van der Waals surface area contributed by atoms with Crippen molar-refractivity contribution in [3.8, 4) is 0 Å². The summed E-state index contributed by atoms with van der Waals surface area (Å²) in [6, 6.07) is 0. The molecule has 0 aromatic heterocycles. The third-order valence-corrected chi connectivity index (χ3v) is 1.29. The highest BCUT2D eigenvalue weighted by Crippen LogP contribution is 2.04. The zero-order valence-electron chi connectivity index (χ0n) is 5.26. The lowest BCUT2D eigenvalue weighted by molar-refractivity contribution is 0.250. The first-order chi connectivity index (χ1) is 3.77. The van der Waals surface area contributed by atoms with Crippen LogP contribution in [0.4, 0.5) is 0 Å². The van der Waals surface area contributed by atoms with Gasteiger partial charge in [-0.1, -0.05) is 32.4 Å². The van der Waals surface area contributed by atoms with Crippen LogP contribution in [0.1, 0.15) is 32.6 Å². The third kappa shape index (κ3) is 6.31. The van der Waals surface area contributed by atoms with Crippen molar-refractivity contribution in [2.45, 2.75) is 38.0 Å². The fourth-order valence-corrected chi connectivity index (χ4v) is 0.736. The van der Waals surface area contributed by atoms with Gasteiger partial charge in [0.2, 0.25) is 0 Å². The van der Waals surface area contributed by atoms with Crippen LogP contribution in [0.5, 0.6) is 0 Å². The number of hydrogen-bond donors (Lipinski definition) is 1. The van der Waals surface area contributed by atoms with Crippen molar-refractivity contribution in [1.82, 2.24) is 0 Å². The van der Waals surface area contributed by atoms with Crippen molar-refractivity contribution in [1.29, 1.82) is 0 Å². The van der Waals surface area contributed by atoms with E-state index in [-0.39, 0.29) is 0 Å². The zero-order valence-corrected chi connectivity index (χ0v) is 6.08. The summed E-state index contributed by atoms with van der Waals surface area (Å²) in [4.78, 5) is 0. The second-order valence-electron chi connectivity index (χ2n) is 1.95. The Hall–Kier alpha value is 0.310. The van der Waals surface area contributed by atoms with Crippen LogP contribution in [0.2, 0.25) is 0 Å². The van der Waals surface area contributed by atoms with E-state index in [1.807, 2.05) is 0 Å². The molecule has 1 atom stereocenters. The number of aliphatic hydroxyl groups is 1. The quantitative estimate of drug-likeness (QED) is 0.582. The summed E-state index contributed by atoms with van der Waals surface area (Å²) in [5.41, 5.74) is -0.512. The highest BCUT2D eigenvalue weighted by Gasteiger charge is 1.93. The Bertz CT molecular complexity index is 45.8. The summed E-state index contributed by atoms with van der Waals surface area (Å²) in [5, 5.41) is 8.59. The van der Waals surface area contributed by atoms with Gasteiger partial charge in [-0.05, 0) is 12.8 Å². The highest BCUT2D eigenvalue weighted by molar-refractivity contribution is 7.80. The van der Waals surface area contributed by atoms with E-state index in [2.05, 4.69) is 19.6 Å². The molecule has 0 bridgehead atoms. The average Bonchev–Trinajstić information content (AvgIpc) is 1.66.